The van der Waals surface area contributed by atoms with Crippen LogP contribution in [-0.2, 0) is 11.3 Å². The number of imide groups is 1. The van der Waals surface area contributed by atoms with Gasteiger partial charge in [-0.3, -0.25) is 19.9 Å². The third-order valence-corrected chi connectivity index (χ3v) is 5.81. The Kier molecular flexibility index (Phi) is 4.75. The van der Waals surface area contributed by atoms with Crippen LogP contribution in [0.1, 0.15) is 27.2 Å². The minimum absolute atomic E-state index is 0.0816. The molecule has 8 heteroatoms. The first-order chi connectivity index (χ1) is 15.9. The van der Waals surface area contributed by atoms with Crippen molar-refractivity contribution in [3.8, 4) is 17.6 Å². The Labute approximate surface area is 189 Å². The Morgan fingerprint density at radius 3 is 2.73 bits per heavy atom. The number of aromatic nitrogens is 1. The Balaban J connectivity index is 1.47. The summed E-state index contributed by atoms with van der Waals surface area (Å²) in [5.74, 6) is 5.68. The number of fused-ring (bicyclic) bond motifs is 2. The number of nitrogens with zero attached hydrogens (tertiary/aromatic N) is 2. The molecule has 0 saturated carbocycles. The van der Waals surface area contributed by atoms with E-state index in [1.54, 1.807) is 12.1 Å². The molecule has 3 heterocycles. The summed E-state index contributed by atoms with van der Waals surface area (Å²) in [6, 6.07) is 14.1. The topological polar surface area (TPSA) is 101 Å². The summed E-state index contributed by atoms with van der Waals surface area (Å²) in [5, 5.41) is 5.79. The van der Waals surface area contributed by atoms with E-state index in [1.165, 1.54) is 12.0 Å². The van der Waals surface area contributed by atoms with E-state index in [1.807, 2.05) is 43.3 Å². The predicted molar refractivity (Wildman–Crippen MR) is 120 cm³/mol. The molecule has 0 aliphatic carbocycles. The molecule has 0 radical (unpaired) electrons. The van der Waals surface area contributed by atoms with Crippen LogP contribution < -0.4 is 15.4 Å². The van der Waals surface area contributed by atoms with Crippen LogP contribution in [0.2, 0.25) is 0 Å². The number of urea groups is 1. The van der Waals surface area contributed by atoms with Crippen LogP contribution in [0.15, 0.2) is 48.5 Å². The molecule has 0 bridgehead atoms. The van der Waals surface area contributed by atoms with Crippen molar-refractivity contribution in [1.82, 2.24) is 20.5 Å². The zero-order chi connectivity index (χ0) is 23.2. The van der Waals surface area contributed by atoms with E-state index in [0.717, 1.165) is 22.2 Å². The van der Waals surface area contributed by atoms with E-state index in [-0.39, 0.29) is 12.5 Å². The number of rotatable bonds is 3. The summed E-state index contributed by atoms with van der Waals surface area (Å²) in [4.78, 5) is 43.8. The number of benzene rings is 2. The zero-order valence-electron chi connectivity index (χ0n) is 18.1. The summed E-state index contributed by atoms with van der Waals surface area (Å²) in [6.07, 6.45) is 0. The molecule has 5 rings (SSSR count). The highest BCUT2D eigenvalue weighted by Crippen LogP contribution is 2.28. The van der Waals surface area contributed by atoms with Crippen LogP contribution in [0.5, 0.6) is 5.75 Å². The molecule has 0 unspecified atom stereocenters. The third-order valence-electron chi connectivity index (χ3n) is 5.81. The standard InChI is InChI=1S/C25H20N4O4/c1-15-3-5-17-11-16(4-8-21(17)26-15)9-10-25(23(31)27-24(32)28-25)14-29-13-18-6-7-19(33-2)12-20(18)22(29)30/h3-8,11-12H,13-14H2,1-2H3,(H2,27,28,31,32)/t25-/m0/s1. The lowest BCUT2D eigenvalue weighted by molar-refractivity contribution is -0.122. The number of hydrogen-bond donors (Lipinski definition) is 2. The Bertz CT molecular complexity index is 1400. The Morgan fingerprint density at radius 1 is 1.12 bits per heavy atom. The van der Waals surface area contributed by atoms with Gasteiger partial charge in [0.2, 0.25) is 5.54 Å². The van der Waals surface area contributed by atoms with Crippen LogP contribution in [0, 0.1) is 18.8 Å². The van der Waals surface area contributed by atoms with Gasteiger partial charge in [-0.05, 0) is 48.9 Å². The summed E-state index contributed by atoms with van der Waals surface area (Å²) >= 11 is 0. The minimum atomic E-state index is -1.56. The lowest BCUT2D eigenvalue weighted by Gasteiger charge is -2.26. The van der Waals surface area contributed by atoms with Gasteiger partial charge >= 0.3 is 6.03 Å². The van der Waals surface area contributed by atoms with Gasteiger partial charge in [0, 0.05) is 28.8 Å². The maximum absolute atomic E-state index is 13.0. The number of carbonyl (C=O) groups excluding carboxylic acids is 3. The van der Waals surface area contributed by atoms with Gasteiger partial charge in [0.1, 0.15) is 5.75 Å². The zero-order valence-corrected chi connectivity index (χ0v) is 18.1. The Hall–Kier alpha value is -4.38. The van der Waals surface area contributed by atoms with Crippen molar-refractivity contribution in [3.63, 3.8) is 0 Å². The number of pyridine rings is 1. The highest BCUT2D eigenvalue weighted by Gasteiger charge is 2.48. The van der Waals surface area contributed by atoms with Crippen LogP contribution in [0.4, 0.5) is 4.79 Å². The van der Waals surface area contributed by atoms with Crippen molar-refractivity contribution in [2.75, 3.05) is 13.7 Å². The Morgan fingerprint density at radius 2 is 1.97 bits per heavy atom. The van der Waals surface area contributed by atoms with Gasteiger partial charge in [-0.2, -0.15) is 0 Å². The molecule has 1 aromatic heterocycles. The average molecular weight is 440 g/mol. The number of aryl methyl sites for hydroxylation is 1. The molecule has 2 aliphatic heterocycles. The number of amides is 4. The van der Waals surface area contributed by atoms with Gasteiger partial charge in [-0.25, -0.2) is 4.79 Å². The number of nitrogens with one attached hydrogen (secondary N) is 2. The van der Waals surface area contributed by atoms with E-state index in [4.69, 9.17) is 4.74 Å². The van der Waals surface area contributed by atoms with Crippen molar-refractivity contribution in [2.45, 2.75) is 19.0 Å². The molecule has 0 spiro atoms. The van der Waals surface area contributed by atoms with Crippen LogP contribution in [0.3, 0.4) is 0 Å². The lowest BCUT2D eigenvalue weighted by atomic mass is 9.98. The van der Waals surface area contributed by atoms with E-state index in [0.29, 0.717) is 23.4 Å². The molecule has 164 valence electrons. The van der Waals surface area contributed by atoms with Crippen LogP contribution in [0.25, 0.3) is 10.9 Å². The van der Waals surface area contributed by atoms with E-state index < -0.39 is 17.5 Å². The molecular weight excluding hydrogens is 420 g/mol. The minimum Gasteiger partial charge on any atom is -0.497 e. The van der Waals surface area contributed by atoms with E-state index in [9.17, 15) is 14.4 Å². The highest BCUT2D eigenvalue weighted by atomic mass is 16.5. The molecule has 3 aromatic rings. The monoisotopic (exact) mass is 440 g/mol. The van der Waals surface area contributed by atoms with Gasteiger partial charge in [0.15, 0.2) is 0 Å². The van der Waals surface area contributed by atoms with Crippen LogP contribution in [-0.4, -0.2) is 46.9 Å². The lowest BCUT2D eigenvalue weighted by Crippen LogP contribution is -2.54. The molecule has 1 fully saturated rings. The third kappa shape index (κ3) is 3.64. The summed E-state index contributed by atoms with van der Waals surface area (Å²) in [7, 11) is 1.53. The normalized spacial score (nSPS) is 19.1. The fourth-order valence-corrected chi connectivity index (χ4v) is 4.10. The SMILES string of the molecule is COc1ccc2c(c1)C(=O)N(C[C@]1(C#Cc3ccc4nc(C)ccc4c3)NC(=O)NC1=O)C2. The summed E-state index contributed by atoms with van der Waals surface area (Å²) in [6.45, 7) is 2.15. The largest absolute Gasteiger partial charge is 0.497 e. The average Bonchev–Trinajstić information content (AvgIpc) is 3.26. The highest BCUT2D eigenvalue weighted by molar-refractivity contribution is 6.10. The molecule has 8 nitrogen and oxygen atoms in total. The quantitative estimate of drug-likeness (QED) is 0.480. The van der Waals surface area contributed by atoms with Gasteiger partial charge in [-0.1, -0.05) is 24.0 Å². The second-order valence-corrected chi connectivity index (χ2v) is 8.11. The smallest absolute Gasteiger partial charge is 0.323 e. The summed E-state index contributed by atoms with van der Waals surface area (Å²) < 4.78 is 5.21. The van der Waals surface area contributed by atoms with Gasteiger partial charge < -0.3 is 15.0 Å². The summed E-state index contributed by atoms with van der Waals surface area (Å²) in [5.41, 5.74) is 2.21. The van der Waals surface area contributed by atoms with Crippen molar-refractivity contribution >= 4 is 28.7 Å². The number of hydrogen-bond acceptors (Lipinski definition) is 5. The van der Waals surface area contributed by atoms with Crippen LogP contribution >= 0.6 is 0 Å². The molecule has 1 saturated heterocycles. The fourth-order valence-electron chi connectivity index (χ4n) is 4.10. The fraction of sp³-hybridized carbons (Fsp3) is 0.200. The first kappa shape index (κ1) is 20.5. The van der Waals surface area contributed by atoms with Crippen molar-refractivity contribution < 1.29 is 19.1 Å². The number of ether oxygens (including phenoxy) is 1. The maximum atomic E-state index is 13.0. The van der Waals surface area contributed by atoms with E-state index >= 15 is 0 Å². The second-order valence-electron chi connectivity index (χ2n) is 8.11. The predicted octanol–water partition coefficient (Wildman–Crippen LogP) is 2.14. The molecular formula is C25H20N4O4. The molecule has 33 heavy (non-hydrogen) atoms. The first-order valence-corrected chi connectivity index (χ1v) is 10.4. The van der Waals surface area contributed by atoms with Crippen molar-refractivity contribution in [2.24, 2.45) is 0 Å². The molecule has 1 atom stereocenters. The number of methoxy groups -OCH3 is 1. The van der Waals surface area contributed by atoms with Gasteiger partial charge in [0.25, 0.3) is 11.8 Å². The molecule has 2 aliphatic rings. The molecule has 2 aromatic carbocycles. The maximum Gasteiger partial charge on any atom is 0.323 e. The molecule has 4 amide bonds. The molecule has 2 N–H and O–H groups in total. The second kappa shape index (κ2) is 7.64. The van der Waals surface area contributed by atoms with Crippen molar-refractivity contribution in [1.29, 1.82) is 0 Å². The van der Waals surface area contributed by atoms with Gasteiger partial charge in [-0.15, -0.1) is 0 Å². The first-order valence-electron chi connectivity index (χ1n) is 10.4. The van der Waals surface area contributed by atoms with Crippen molar-refractivity contribution in [3.05, 3.63) is 70.9 Å². The van der Waals surface area contributed by atoms with E-state index in [2.05, 4.69) is 27.5 Å². The number of carbonyl (C=O) groups is 3. The van der Waals surface area contributed by atoms with Gasteiger partial charge in [0.05, 0.1) is 19.2 Å².